The number of hydrogen-bond acceptors (Lipinski definition) is 7. The zero-order chi connectivity index (χ0) is 23.1. The number of rotatable bonds is 7. The van der Waals surface area contributed by atoms with Crippen LogP contribution in [0.15, 0.2) is 54.4 Å². The van der Waals surface area contributed by atoms with Gasteiger partial charge in [0, 0.05) is 48.5 Å². The zero-order valence-corrected chi connectivity index (χ0v) is 18.8. The Hall–Kier alpha value is -3.74. The summed E-state index contributed by atoms with van der Waals surface area (Å²) in [4.78, 5) is 11.7. The fraction of sp³-hybridized carbons (Fsp3) is 0.280. The van der Waals surface area contributed by atoms with Crippen LogP contribution in [0, 0.1) is 5.41 Å². The number of esters is 1. The van der Waals surface area contributed by atoms with Gasteiger partial charge in [-0.2, -0.15) is 0 Å². The molecule has 0 bridgehead atoms. The Morgan fingerprint density at radius 3 is 2.81 bits per heavy atom. The Morgan fingerprint density at radius 2 is 2.12 bits per heavy atom. The molecule has 1 aliphatic rings. The van der Waals surface area contributed by atoms with E-state index in [1.54, 1.807) is 0 Å². The summed E-state index contributed by atoms with van der Waals surface area (Å²) in [6.07, 6.45) is 4.23. The third-order valence-electron chi connectivity index (χ3n) is 5.46. The van der Waals surface area contributed by atoms with Crippen LogP contribution in [-0.4, -0.2) is 32.9 Å². The lowest BCUT2D eigenvalue weighted by Crippen LogP contribution is -2.17. The van der Waals surface area contributed by atoms with E-state index >= 15 is 0 Å². The SMILES string of the molecule is CN/C=C(\C=N)c1ccc2c(c1)C(Nc1cccc(CC(=O)OC)c1)CCN/C2=C(/C)N. The first-order valence-corrected chi connectivity index (χ1v) is 10.6. The highest BCUT2D eigenvalue weighted by Crippen LogP contribution is 2.34. The first-order chi connectivity index (χ1) is 15.5. The molecule has 0 spiro atoms. The molecule has 1 aliphatic heterocycles. The maximum atomic E-state index is 11.7. The highest BCUT2D eigenvalue weighted by Gasteiger charge is 2.23. The summed E-state index contributed by atoms with van der Waals surface area (Å²) in [5.74, 6) is -0.264. The number of ether oxygens (including phenoxy) is 1. The summed E-state index contributed by atoms with van der Waals surface area (Å²) in [5.41, 5.74) is 13.6. The molecule has 0 radical (unpaired) electrons. The van der Waals surface area contributed by atoms with E-state index in [0.717, 1.165) is 57.9 Å². The second-order valence-corrected chi connectivity index (χ2v) is 7.76. The number of nitrogens with one attached hydrogen (secondary N) is 4. The molecular formula is C25H31N5O2. The van der Waals surface area contributed by atoms with Crippen LogP contribution < -0.4 is 21.7 Å². The number of carbonyl (C=O) groups excluding carboxylic acids is 1. The number of fused-ring (bicyclic) bond motifs is 1. The molecule has 168 valence electrons. The van der Waals surface area contributed by atoms with Crippen LogP contribution in [0.5, 0.6) is 0 Å². The molecular weight excluding hydrogens is 402 g/mol. The number of nitrogens with two attached hydrogens (primary N) is 1. The molecule has 1 unspecified atom stereocenters. The van der Waals surface area contributed by atoms with Gasteiger partial charge in [0.05, 0.1) is 25.3 Å². The Bertz CT molecular complexity index is 1050. The molecule has 0 aliphatic carbocycles. The van der Waals surface area contributed by atoms with Crippen LogP contribution in [0.4, 0.5) is 5.69 Å². The van der Waals surface area contributed by atoms with Crippen molar-refractivity contribution in [2.45, 2.75) is 25.8 Å². The van der Waals surface area contributed by atoms with Gasteiger partial charge in [-0.25, -0.2) is 0 Å². The molecule has 6 N–H and O–H groups in total. The van der Waals surface area contributed by atoms with E-state index < -0.39 is 0 Å². The van der Waals surface area contributed by atoms with Gasteiger partial charge in [-0.05, 0) is 48.2 Å². The van der Waals surface area contributed by atoms with Crippen molar-refractivity contribution >= 4 is 29.1 Å². The van der Waals surface area contributed by atoms with Crippen molar-refractivity contribution in [3.8, 4) is 0 Å². The van der Waals surface area contributed by atoms with Crippen molar-refractivity contribution < 1.29 is 9.53 Å². The van der Waals surface area contributed by atoms with Crippen LogP contribution >= 0.6 is 0 Å². The quantitative estimate of drug-likeness (QED) is 0.338. The molecule has 3 rings (SSSR count). The van der Waals surface area contributed by atoms with Crippen molar-refractivity contribution in [2.75, 3.05) is 26.0 Å². The van der Waals surface area contributed by atoms with Crippen molar-refractivity contribution in [1.82, 2.24) is 10.6 Å². The van der Waals surface area contributed by atoms with E-state index in [1.165, 1.54) is 13.3 Å². The summed E-state index contributed by atoms with van der Waals surface area (Å²) in [5, 5.41) is 17.9. The highest BCUT2D eigenvalue weighted by atomic mass is 16.5. The van der Waals surface area contributed by atoms with Gasteiger partial charge in [-0.3, -0.25) is 4.79 Å². The Labute approximate surface area is 189 Å². The largest absolute Gasteiger partial charge is 0.469 e. The monoisotopic (exact) mass is 433 g/mol. The third kappa shape index (κ3) is 5.29. The van der Waals surface area contributed by atoms with Gasteiger partial charge in [-0.15, -0.1) is 0 Å². The third-order valence-corrected chi connectivity index (χ3v) is 5.46. The minimum Gasteiger partial charge on any atom is -0.469 e. The minimum absolute atomic E-state index is 0.0178. The van der Waals surface area contributed by atoms with Gasteiger partial charge in [0.15, 0.2) is 0 Å². The number of methoxy groups -OCH3 is 1. The van der Waals surface area contributed by atoms with Crippen molar-refractivity contribution in [2.24, 2.45) is 5.73 Å². The first-order valence-electron chi connectivity index (χ1n) is 10.6. The van der Waals surface area contributed by atoms with E-state index in [0.29, 0.717) is 0 Å². The van der Waals surface area contributed by atoms with E-state index in [9.17, 15) is 4.79 Å². The molecule has 2 aromatic rings. The Kier molecular flexibility index (Phi) is 7.54. The standard InChI is InChI=1S/C25H31N5O2/c1-16(27)25-21-8-7-18(19(14-26)15-28-2)13-22(21)23(9-10-29-25)30-20-6-4-5-17(11-20)12-24(31)32-3/h4-8,11,13-15,23,26,28-30H,9-10,12,27H2,1-3H3/b19-15+,25-16-,26-14?. The van der Waals surface area contributed by atoms with E-state index in [-0.39, 0.29) is 18.4 Å². The molecule has 0 fully saturated rings. The molecule has 7 nitrogen and oxygen atoms in total. The minimum atomic E-state index is -0.264. The van der Waals surface area contributed by atoms with Crippen LogP contribution in [-0.2, 0) is 16.0 Å². The lowest BCUT2D eigenvalue weighted by molar-refractivity contribution is -0.139. The lowest BCUT2D eigenvalue weighted by Gasteiger charge is -2.22. The summed E-state index contributed by atoms with van der Waals surface area (Å²) < 4.78 is 4.79. The molecule has 1 atom stereocenters. The van der Waals surface area contributed by atoms with Gasteiger partial charge in [0.2, 0.25) is 0 Å². The number of benzene rings is 2. The van der Waals surface area contributed by atoms with Crippen LogP contribution in [0.25, 0.3) is 11.3 Å². The van der Waals surface area contributed by atoms with Crippen LogP contribution in [0.3, 0.4) is 0 Å². The Morgan fingerprint density at radius 1 is 1.31 bits per heavy atom. The van der Waals surface area contributed by atoms with E-state index in [4.69, 9.17) is 15.9 Å². The Balaban J connectivity index is 2.02. The summed E-state index contributed by atoms with van der Waals surface area (Å²) in [7, 11) is 3.22. The number of carbonyl (C=O) groups is 1. The first kappa shape index (κ1) is 22.9. The molecule has 32 heavy (non-hydrogen) atoms. The van der Waals surface area contributed by atoms with E-state index in [1.807, 2.05) is 50.5 Å². The average molecular weight is 434 g/mol. The molecule has 7 heteroatoms. The zero-order valence-electron chi connectivity index (χ0n) is 18.8. The number of hydrogen-bond donors (Lipinski definition) is 5. The molecule has 0 saturated heterocycles. The van der Waals surface area contributed by atoms with Crippen LogP contribution in [0.2, 0.25) is 0 Å². The highest BCUT2D eigenvalue weighted by molar-refractivity contribution is 6.08. The molecule has 1 heterocycles. The van der Waals surface area contributed by atoms with Crippen LogP contribution in [0.1, 0.15) is 41.6 Å². The maximum Gasteiger partial charge on any atom is 0.309 e. The second kappa shape index (κ2) is 10.5. The predicted octanol–water partition coefficient (Wildman–Crippen LogP) is 3.41. The number of allylic oxidation sites excluding steroid dienone is 2. The maximum absolute atomic E-state index is 11.7. The van der Waals surface area contributed by atoms with E-state index in [2.05, 4.69) is 28.1 Å². The average Bonchev–Trinajstić information content (AvgIpc) is 2.97. The molecule has 0 aromatic heterocycles. The normalized spacial score (nSPS) is 17.3. The second-order valence-electron chi connectivity index (χ2n) is 7.76. The lowest BCUT2D eigenvalue weighted by atomic mass is 9.92. The van der Waals surface area contributed by atoms with Crippen molar-refractivity contribution in [1.29, 1.82) is 5.41 Å². The fourth-order valence-electron chi connectivity index (χ4n) is 3.93. The van der Waals surface area contributed by atoms with Gasteiger partial charge in [0.25, 0.3) is 0 Å². The number of anilines is 1. The van der Waals surface area contributed by atoms with Crippen molar-refractivity contribution in [3.63, 3.8) is 0 Å². The van der Waals surface area contributed by atoms with Crippen molar-refractivity contribution in [3.05, 3.63) is 76.6 Å². The summed E-state index contributed by atoms with van der Waals surface area (Å²) in [6.45, 7) is 2.66. The fourth-order valence-corrected chi connectivity index (χ4v) is 3.93. The van der Waals surface area contributed by atoms with Gasteiger partial charge >= 0.3 is 5.97 Å². The summed E-state index contributed by atoms with van der Waals surface area (Å²) in [6, 6.07) is 14.0. The smallest absolute Gasteiger partial charge is 0.309 e. The predicted molar refractivity (Wildman–Crippen MR) is 130 cm³/mol. The molecule has 2 aromatic carbocycles. The van der Waals surface area contributed by atoms with Gasteiger partial charge < -0.3 is 31.8 Å². The topological polar surface area (TPSA) is 112 Å². The van der Waals surface area contributed by atoms with Gasteiger partial charge in [-0.1, -0.05) is 24.3 Å². The molecule has 0 amide bonds. The van der Waals surface area contributed by atoms with Gasteiger partial charge in [0.1, 0.15) is 0 Å². The summed E-state index contributed by atoms with van der Waals surface area (Å²) >= 11 is 0. The molecule has 0 saturated carbocycles.